The van der Waals surface area contributed by atoms with Gasteiger partial charge in [-0.2, -0.15) is 0 Å². The molecule has 19 heavy (non-hydrogen) atoms. The summed E-state index contributed by atoms with van der Waals surface area (Å²) in [6, 6.07) is 6.00. The van der Waals surface area contributed by atoms with Crippen LogP contribution in [-0.2, 0) is 13.0 Å². The fourth-order valence-electron chi connectivity index (χ4n) is 3.65. The lowest BCUT2D eigenvalue weighted by Crippen LogP contribution is -2.35. The number of aromatic carboxylic acids is 1. The summed E-state index contributed by atoms with van der Waals surface area (Å²) in [5, 5.41) is 13.9. The highest BCUT2D eigenvalue weighted by atomic mass is 16.4. The Morgan fingerprint density at radius 1 is 1.42 bits per heavy atom. The van der Waals surface area contributed by atoms with Crippen molar-refractivity contribution >= 4 is 16.9 Å². The average molecular weight is 256 g/mol. The zero-order valence-corrected chi connectivity index (χ0v) is 10.6. The Hall–Kier alpha value is -1.81. The first-order valence-electron chi connectivity index (χ1n) is 6.87. The summed E-state index contributed by atoms with van der Waals surface area (Å²) in [5.41, 5.74) is 4.35. The molecule has 4 rings (SSSR count). The van der Waals surface area contributed by atoms with Crippen molar-refractivity contribution in [3.8, 4) is 0 Å². The van der Waals surface area contributed by atoms with Crippen LogP contribution in [0.2, 0.25) is 0 Å². The molecule has 0 fully saturated rings. The number of aromatic nitrogens is 1. The molecule has 0 saturated heterocycles. The van der Waals surface area contributed by atoms with Crippen molar-refractivity contribution < 1.29 is 9.90 Å². The van der Waals surface area contributed by atoms with Crippen LogP contribution in [0.4, 0.5) is 0 Å². The predicted molar refractivity (Wildman–Crippen MR) is 72.6 cm³/mol. The Morgan fingerprint density at radius 3 is 3.16 bits per heavy atom. The maximum absolute atomic E-state index is 11.1. The molecule has 1 aliphatic carbocycles. The smallest absolute Gasteiger partial charge is 0.335 e. The summed E-state index contributed by atoms with van der Waals surface area (Å²) >= 11 is 0. The van der Waals surface area contributed by atoms with Crippen LogP contribution in [0, 0.1) is 0 Å². The fraction of sp³-hybridized carbons (Fsp3) is 0.400. The number of carbonyl (C=O) groups is 1. The second-order valence-electron chi connectivity index (χ2n) is 5.45. The Balaban J connectivity index is 2.04. The highest BCUT2D eigenvalue weighted by Crippen LogP contribution is 2.39. The van der Waals surface area contributed by atoms with Gasteiger partial charge in [-0.1, -0.05) is 0 Å². The van der Waals surface area contributed by atoms with Gasteiger partial charge in [-0.3, -0.25) is 0 Å². The number of nitrogens with one attached hydrogen (secondary N) is 1. The highest BCUT2D eigenvalue weighted by Gasteiger charge is 2.29. The van der Waals surface area contributed by atoms with Gasteiger partial charge < -0.3 is 15.0 Å². The van der Waals surface area contributed by atoms with Crippen molar-refractivity contribution in [1.29, 1.82) is 0 Å². The Bertz CT molecular complexity index is 685. The molecule has 1 aromatic carbocycles. The quantitative estimate of drug-likeness (QED) is 0.823. The van der Waals surface area contributed by atoms with Crippen LogP contribution in [0.1, 0.15) is 40.5 Å². The Labute approximate surface area is 111 Å². The van der Waals surface area contributed by atoms with Crippen LogP contribution in [-0.4, -0.2) is 22.2 Å². The second-order valence-corrected chi connectivity index (χ2v) is 5.45. The summed E-state index contributed by atoms with van der Waals surface area (Å²) < 4.78 is 2.39. The molecule has 0 radical (unpaired) electrons. The zero-order valence-electron chi connectivity index (χ0n) is 10.6. The SMILES string of the molecule is O=C(O)c1ccc2c(c1)c1c3n2CCN[C@H]3CCC1. The van der Waals surface area contributed by atoms with Crippen molar-refractivity contribution in [2.45, 2.75) is 31.8 Å². The average Bonchev–Trinajstić information content (AvgIpc) is 2.76. The van der Waals surface area contributed by atoms with Crippen molar-refractivity contribution in [3.05, 3.63) is 35.0 Å². The lowest BCUT2D eigenvalue weighted by atomic mass is 9.90. The Morgan fingerprint density at radius 2 is 2.32 bits per heavy atom. The third-order valence-electron chi connectivity index (χ3n) is 4.44. The van der Waals surface area contributed by atoms with Crippen molar-refractivity contribution in [3.63, 3.8) is 0 Å². The van der Waals surface area contributed by atoms with Crippen molar-refractivity contribution in [1.82, 2.24) is 9.88 Å². The number of aryl methyl sites for hydroxylation is 1. The van der Waals surface area contributed by atoms with E-state index in [0.29, 0.717) is 11.6 Å². The molecule has 0 saturated carbocycles. The van der Waals surface area contributed by atoms with Crippen LogP contribution in [0.25, 0.3) is 10.9 Å². The molecule has 2 aliphatic rings. The minimum absolute atomic E-state index is 0.391. The molecule has 98 valence electrons. The van der Waals surface area contributed by atoms with Gasteiger partial charge in [-0.05, 0) is 43.0 Å². The van der Waals surface area contributed by atoms with Gasteiger partial charge in [-0.25, -0.2) is 4.79 Å². The molecule has 2 N–H and O–H groups in total. The largest absolute Gasteiger partial charge is 0.478 e. The molecule has 0 bridgehead atoms. The third-order valence-corrected chi connectivity index (χ3v) is 4.44. The maximum Gasteiger partial charge on any atom is 0.335 e. The van der Waals surface area contributed by atoms with Gasteiger partial charge in [0.1, 0.15) is 0 Å². The molecule has 0 unspecified atom stereocenters. The molecule has 2 aromatic rings. The minimum Gasteiger partial charge on any atom is -0.478 e. The van der Waals surface area contributed by atoms with E-state index in [9.17, 15) is 4.79 Å². The summed E-state index contributed by atoms with van der Waals surface area (Å²) in [4.78, 5) is 11.1. The van der Waals surface area contributed by atoms with E-state index in [1.807, 2.05) is 12.1 Å². The van der Waals surface area contributed by atoms with Crippen LogP contribution in [0.3, 0.4) is 0 Å². The van der Waals surface area contributed by atoms with Crippen LogP contribution >= 0.6 is 0 Å². The van der Waals surface area contributed by atoms with E-state index in [4.69, 9.17) is 5.11 Å². The summed E-state index contributed by atoms with van der Waals surface area (Å²) in [6.45, 7) is 1.98. The number of hydrogen-bond donors (Lipinski definition) is 2. The van der Waals surface area contributed by atoms with E-state index in [1.54, 1.807) is 6.07 Å². The molecule has 0 amide bonds. The molecule has 4 nitrogen and oxygen atoms in total. The molecule has 0 spiro atoms. The van der Waals surface area contributed by atoms with Crippen molar-refractivity contribution in [2.75, 3.05) is 6.54 Å². The molecular formula is C15H16N2O2. The van der Waals surface area contributed by atoms with E-state index in [1.165, 1.54) is 29.6 Å². The maximum atomic E-state index is 11.1. The minimum atomic E-state index is -0.844. The number of carboxylic acids is 1. The number of benzene rings is 1. The zero-order chi connectivity index (χ0) is 13.0. The van der Waals surface area contributed by atoms with Gasteiger partial charge in [0, 0.05) is 35.7 Å². The number of nitrogens with zero attached hydrogens (tertiary/aromatic N) is 1. The van der Waals surface area contributed by atoms with Gasteiger partial charge in [0.15, 0.2) is 0 Å². The van der Waals surface area contributed by atoms with E-state index in [-0.39, 0.29) is 0 Å². The normalized spacial score (nSPS) is 21.4. The van der Waals surface area contributed by atoms with E-state index >= 15 is 0 Å². The molecule has 1 aromatic heterocycles. The summed E-state index contributed by atoms with van der Waals surface area (Å²) in [7, 11) is 0. The molecule has 1 atom stereocenters. The fourth-order valence-corrected chi connectivity index (χ4v) is 3.65. The van der Waals surface area contributed by atoms with Crippen LogP contribution < -0.4 is 5.32 Å². The van der Waals surface area contributed by atoms with Gasteiger partial charge in [-0.15, -0.1) is 0 Å². The van der Waals surface area contributed by atoms with Gasteiger partial charge in [0.2, 0.25) is 0 Å². The number of carboxylic acid groups (broad SMARTS) is 1. The van der Waals surface area contributed by atoms with Crippen LogP contribution in [0.5, 0.6) is 0 Å². The van der Waals surface area contributed by atoms with Gasteiger partial charge >= 0.3 is 5.97 Å². The molecule has 4 heteroatoms. The number of hydrogen-bond acceptors (Lipinski definition) is 2. The van der Waals surface area contributed by atoms with Crippen molar-refractivity contribution in [2.24, 2.45) is 0 Å². The monoisotopic (exact) mass is 256 g/mol. The number of rotatable bonds is 1. The van der Waals surface area contributed by atoms with Gasteiger partial charge in [0.05, 0.1) is 5.56 Å². The molecule has 1 aliphatic heterocycles. The Kier molecular flexibility index (Phi) is 2.23. The molecular weight excluding hydrogens is 240 g/mol. The predicted octanol–water partition coefficient (Wildman–Crippen LogP) is 2.32. The lowest BCUT2D eigenvalue weighted by Gasteiger charge is -2.31. The van der Waals surface area contributed by atoms with E-state index < -0.39 is 5.97 Å². The topological polar surface area (TPSA) is 54.3 Å². The number of fused-ring (bicyclic) bond motifs is 3. The van der Waals surface area contributed by atoms with Gasteiger partial charge in [0.25, 0.3) is 0 Å². The van der Waals surface area contributed by atoms with E-state index in [0.717, 1.165) is 24.9 Å². The third kappa shape index (κ3) is 1.46. The first-order valence-corrected chi connectivity index (χ1v) is 6.87. The first-order chi connectivity index (χ1) is 9.25. The summed E-state index contributed by atoms with van der Waals surface area (Å²) in [5.74, 6) is -0.844. The highest BCUT2D eigenvalue weighted by molar-refractivity contribution is 5.95. The van der Waals surface area contributed by atoms with Crippen LogP contribution in [0.15, 0.2) is 18.2 Å². The molecule has 2 heterocycles. The van der Waals surface area contributed by atoms with E-state index in [2.05, 4.69) is 9.88 Å². The standard InChI is InChI=1S/C15H16N2O2/c18-15(19)9-4-5-13-11(8-9)10-2-1-3-12-14(10)17(13)7-6-16-12/h4-5,8,12,16H,1-3,6-7H2,(H,18,19)/t12-/m0/s1. The lowest BCUT2D eigenvalue weighted by molar-refractivity contribution is 0.0697. The first kappa shape index (κ1) is 11.1. The summed E-state index contributed by atoms with van der Waals surface area (Å²) in [6.07, 6.45) is 3.44. The second kappa shape index (κ2) is 3.84.